The number of anilines is 1. The minimum atomic E-state index is -3.68. The van der Waals surface area contributed by atoms with Crippen molar-refractivity contribution in [1.29, 1.82) is 0 Å². The zero-order valence-corrected chi connectivity index (χ0v) is 18.1. The molecule has 0 unspecified atom stereocenters. The molecule has 164 valence electrons. The van der Waals surface area contributed by atoms with Gasteiger partial charge in [-0.3, -0.25) is 4.57 Å². The third kappa shape index (κ3) is 4.78. The van der Waals surface area contributed by atoms with Crippen LogP contribution in [0, 0.1) is 13.8 Å². The summed E-state index contributed by atoms with van der Waals surface area (Å²) in [6.07, 6.45) is 3.92. The maximum Gasteiger partial charge on any atom is 0.240 e. The summed E-state index contributed by atoms with van der Waals surface area (Å²) in [4.78, 5) is 12.9. The fraction of sp³-hybridized carbons (Fsp3) is 0.350. The summed E-state index contributed by atoms with van der Waals surface area (Å²) in [5.74, 6) is 2.27. The SMILES string of the molecule is Cc1ncn(-c2cc(NCCNS(=O)(=O)c3ccc4c(c3)OCCCO4)ncn2)c1C. The Kier molecular flexibility index (Phi) is 6.05. The second-order valence-electron chi connectivity index (χ2n) is 7.03. The molecule has 0 radical (unpaired) electrons. The minimum Gasteiger partial charge on any atom is -0.490 e. The highest BCUT2D eigenvalue weighted by molar-refractivity contribution is 7.89. The van der Waals surface area contributed by atoms with Crippen molar-refractivity contribution in [3.05, 3.63) is 48.3 Å². The largest absolute Gasteiger partial charge is 0.490 e. The predicted molar refractivity (Wildman–Crippen MR) is 114 cm³/mol. The number of imidazole rings is 1. The van der Waals surface area contributed by atoms with Crippen LogP contribution in [0.1, 0.15) is 17.8 Å². The molecule has 0 amide bonds. The Morgan fingerprint density at radius 3 is 2.61 bits per heavy atom. The summed E-state index contributed by atoms with van der Waals surface area (Å²) < 4.78 is 40.8. The van der Waals surface area contributed by atoms with Crippen LogP contribution in [-0.4, -0.2) is 54.2 Å². The van der Waals surface area contributed by atoms with E-state index in [1.165, 1.54) is 18.5 Å². The number of hydrogen-bond acceptors (Lipinski definition) is 8. The normalized spacial score (nSPS) is 13.6. The van der Waals surface area contributed by atoms with Gasteiger partial charge in [-0.15, -0.1) is 0 Å². The fourth-order valence-corrected chi connectivity index (χ4v) is 4.12. The molecule has 0 bridgehead atoms. The van der Waals surface area contributed by atoms with Gasteiger partial charge in [-0.1, -0.05) is 0 Å². The van der Waals surface area contributed by atoms with Crippen molar-refractivity contribution in [3.63, 3.8) is 0 Å². The summed E-state index contributed by atoms with van der Waals surface area (Å²) in [7, 11) is -3.68. The maximum atomic E-state index is 12.6. The van der Waals surface area contributed by atoms with Gasteiger partial charge in [0.15, 0.2) is 11.5 Å². The summed E-state index contributed by atoms with van der Waals surface area (Å²) in [5, 5.41) is 3.11. The van der Waals surface area contributed by atoms with Crippen molar-refractivity contribution in [2.75, 3.05) is 31.6 Å². The Bertz CT molecular complexity index is 1180. The van der Waals surface area contributed by atoms with Crippen LogP contribution in [0.5, 0.6) is 11.5 Å². The van der Waals surface area contributed by atoms with Crippen LogP contribution in [0.3, 0.4) is 0 Å². The van der Waals surface area contributed by atoms with Crippen molar-refractivity contribution >= 4 is 15.8 Å². The molecule has 1 aromatic carbocycles. The molecular formula is C20H24N6O4S. The van der Waals surface area contributed by atoms with Gasteiger partial charge in [0.25, 0.3) is 0 Å². The fourth-order valence-electron chi connectivity index (χ4n) is 3.08. The van der Waals surface area contributed by atoms with Crippen molar-refractivity contribution in [2.45, 2.75) is 25.2 Å². The summed E-state index contributed by atoms with van der Waals surface area (Å²) in [6, 6.07) is 6.40. The van der Waals surface area contributed by atoms with E-state index >= 15 is 0 Å². The first-order valence-electron chi connectivity index (χ1n) is 9.90. The van der Waals surface area contributed by atoms with Crippen LogP contribution in [0.4, 0.5) is 5.82 Å². The lowest BCUT2D eigenvalue weighted by Gasteiger charge is -2.12. The molecule has 3 aromatic rings. The van der Waals surface area contributed by atoms with Crippen LogP contribution < -0.4 is 19.5 Å². The quantitative estimate of drug-likeness (QED) is 0.530. The molecule has 31 heavy (non-hydrogen) atoms. The molecule has 1 aliphatic heterocycles. The Balaban J connectivity index is 1.36. The second kappa shape index (κ2) is 8.90. The van der Waals surface area contributed by atoms with E-state index in [9.17, 15) is 8.42 Å². The Morgan fingerprint density at radius 1 is 1.03 bits per heavy atom. The van der Waals surface area contributed by atoms with E-state index in [0.717, 1.165) is 17.8 Å². The Labute approximate surface area is 180 Å². The van der Waals surface area contributed by atoms with E-state index < -0.39 is 10.0 Å². The van der Waals surface area contributed by atoms with E-state index in [2.05, 4.69) is 25.0 Å². The monoisotopic (exact) mass is 444 g/mol. The molecule has 2 aromatic heterocycles. The third-order valence-electron chi connectivity index (χ3n) is 4.90. The average molecular weight is 445 g/mol. The standard InChI is InChI=1S/C20H24N6O4S/c1-14-15(2)26(13-24-14)20-11-19(22-12-23-20)21-6-7-25-31(27,28)16-4-5-17-18(10-16)30-9-3-8-29-17/h4-5,10-13,25H,3,6-9H2,1-2H3,(H,21,22,23). The number of aryl methyl sites for hydroxylation is 1. The predicted octanol–water partition coefficient (Wildman–Crippen LogP) is 1.83. The highest BCUT2D eigenvalue weighted by Crippen LogP contribution is 2.31. The topological polar surface area (TPSA) is 120 Å². The average Bonchev–Trinajstić information content (AvgIpc) is 2.96. The lowest BCUT2D eigenvalue weighted by molar-refractivity contribution is 0.297. The zero-order valence-electron chi connectivity index (χ0n) is 17.3. The number of nitrogens with zero attached hydrogens (tertiary/aromatic N) is 4. The number of ether oxygens (including phenoxy) is 2. The zero-order chi connectivity index (χ0) is 21.8. The molecule has 0 aliphatic carbocycles. The first-order chi connectivity index (χ1) is 14.9. The van der Waals surface area contributed by atoms with E-state index in [0.29, 0.717) is 42.9 Å². The number of hydrogen-bond donors (Lipinski definition) is 2. The summed E-state index contributed by atoms with van der Waals surface area (Å²) >= 11 is 0. The first-order valence-corrected chi connectivity index (χ1v) is 11.4. The maximum absolute atomic E-state index is 12.6. The number of aromatic nitrogens is 4. The molecular weight excluding hydrogens is 420 g/mol. The van der Waals surface area contributed by atoms with Crippen molar-refractivity contribution < 1.29 is 17.9 Å². The molecule has 11 heteroatoms. The van der Waals surface area contributed by atoms with Crippen molar-refractivity contribution in [2.24, 2.45) is 0 Å². The van der Waals surface area contributed by atoms with Crippen LogP contribution in [-0.2, 0) is 10.0 Å². The van der Waals surface area contributed by atoms with E-state index in [-0.39, 0.29) is 11.4 Å². The van der Waals surface area contributed by atoms with E-state index in [1.54, 1.807) is 18.5 Å². The third-order valence-corrected chi connectivity index (χ3v) is 6.36. The second-order valence-corrected chi connectivity index (χ2v) is 8.80. The van der Waals surface area contributed by atoms with Crippen LogP contribution in [0.15, 0.2) is 41.8 Å². The molecule has 0 saturated heterocycles. The van der Waals surface area contributed by atoms with Crippen LogP contribution >= 0.6 is 0 Å². The van der Waals surface area contributed by atoms with Crippen LogP contribution in [0.25, 0.3) is 5.82 Å². The molecule has 10 nitrogen and oxygen atoms in total. The first kappa shape index (κ1) is 21.1. The van der Waals surface area contributed by atoms with Crippen LogP contribution in [0.2, 0.25) is 0 Å². The van der Waals surface area contributed by atoms with Gasteiger partial charge < -0.3 is 14.8 Å². The Morgan fingerprint density at radius 2 is 1.84 bits per heavy atom. The smallest absolute Gasteiger partial charge is 0.240 e. The van der Waals surface area contributed by atoms with Gasteiger partial charge in [-0.05, 0) is 26.0 Å². The molecule has 0 spiro atoms. The molecule has 4 rings (SSSR count). The lowest BCUT2D eigenvalue weighted by atomic mass is 10.3. The number of fused-ring (bicyclic) bond motifs is 1. The minimum absolute atomic E-state index is 0.132. The van der Waals surface area contributed by atoms with Gasteiger partial charge in [-0.25, -0.2) is 28.1 Å². The highest BCUT2D eigenvalue weighted by atomic mass is 32.2. The molecule has 2 N–H and O–H groups in total. The molecule has 3 heterocycles. The molecule has 0 atom stereocenters. The summed E-state index contributed by atoms with van der Waals surface area (Å²) in [5.41, 5.74) is 1.92. The summed E-state index contributed by atoms with van der Waals surface area (Å²) in [6.45, 7) is 5.47. The lowest BCUT2D eigenvalue weighted by Crippen LogP contribution is -2.29. The van der Waals surface area contributed by atoms with E-state index in [1.807, 2.05) is 18.4 Å². The van der Waals surface area contributed by atoms with Crippen molar-refractivity contribution in [1.82, 2.24) is 24.2 Å². The van der Waals surface area contributed by atoms with Gasteiger partial charge >= 0.3 is 0 Å². The number of rotatable bonds is 7. The van der Waals surface area contributed by atoms with Gasteiger partial charge in [0.2, 0.25) is 10.0 Å². The van der Waals surface area contributed by atoms with E-state index in [4.69, 9.17) is 9.47 Å². The van der Waals surface area contributed by atoms with Gasteiger partial charge in [-0.2, -0.15) is 0 Å². The molecule has 0 saturated carbocycles. The van der Waals surface area contributed by atoms with Gasteiger partial charge in [0.1, 0.15) is 24.3 Å². The highest BCUT2D eigenvalue weighted by Gasteiger charge is 2.18. The number of sulfonamides is 1. The number of benzene rings is 1. The molecule has 1 aliphatic rings. The molecule has 0 fully saturated rings. The van der Waals surface area contributed by atoms with Gasteiger partial charge in [0, 0.05) is 37.3 Å². The van der Waals surface area contributed by atoms with Gasteiger partial charge in [0.05, 0.1) is 23.8 Å². The number of nitrogens with one attached hydrogen (secondary N) is 2. The van der Waals surface area contributed by atoms with Crippen molar-refractivity contribution in [3.8, 4) is 17.3 Å². The Hall–Kier alpha value is -3.18.